The van der Waals surface area contributed by atoms with Gasteiger partial charge >= 0.3 is 5.69 Å². The average molecular weight is 299 g/mol. The fourth-order valence-electron chi connectivity index (χ4n) is 1.55. The Morgan fingerprint density at radius 2 is 2.10 bits per heavy atom. The van der Waals surface area contributed by atoms with Gasteiger partial charge in [0.15, 0.2) is 0 Å². The second-order valence-corrected chi connectivity index (χ2v) is 5.72. The van der Waals surface area contributed by atoms with Crippen molar-refractivity contribution in [2.75, 3.05) is 30.0 Å². The van der Waals surface area contributed by atoms with Crippen LogP contribution in [0.4, 0.5) is 17.5 Å². The quantitative estimate of drug-likeness (QED) is 0.563. The van der Waals surface area contributed by atoms with Gasteiger partial charge in [0.2, 0.25) is 11.8 Å². The van der Waals surface area contributed by atoms with Gasteiger partial charge in [-0.05, 0) is 19.6 Å². The van der Waals surface area contributed by atoms with Crippen LogP contribution in [-0.2, 0) is 0 Å². The van der Waals surface area contributed by atoms with Crippen LogP contribution in [0, 0.1) is 17.0 Å². The Balaban J connectivity index is 3.01. The summed E-state index contributed by atoms with van der Waals surface area (Å²) in [7, 11) is 0. The number of hydrogen-bond donors (Lipinski definition) is 2. The summed E-state index contributed by atoms with van der Waals surface area (Å²) in [5, 5.41) is 17.6. The maximum absolute atomic E-state index is 11.1. The summed E-state index contributed by atoms with van der Waals surface area (Å²) in [5.41, 5.74) is 0.309. The van der Waals surface area contributed by atoms with Crippen molar-refractivity contribution in [3.05, 3.63) is 15.8 Å². The molecular weight excluding hydrogens is 278 g/mol. The second kappa shape index (κ2) is 7.88. The van der Waals surface area contributed by atoms with Crippen molar-refractivity contribution in [2.45, 2.75) is 32.4 Å². The number of anilines is 2. The molecule has 0 aliphatic carbocycles. The van der Waals surface area contributed by atoms with E-state index in [1.165, 1.54) is 0 Å². The first-order chi connectivity index (χ1) is 9.49. The number of rotatable bonds is 8. The zero-order valence-electron chi connectivity index (χ0n) is 12.3. The molecular formula is C12H21N5O2S. The number of hydrogen-bond acceptors (Lipinski definition) is 7. The highest BCUT2D eigenvalue weighted by molar-refractivity contribution is 7.99. The number of nitro groups is 1. The van der Waals surface area contributed by atoms with Crippen LogP contribution in [0.5, 0.6) is 0 Å². The van der Waals surface area contributed by atoms with Gasteiger partial charge in [-0.15, -0.1) is 0 Å². The van der Waals surface area contributed by atoms with Gasteiger partial charge in [0.25, 0.3) is 0 Å². The third-order valence-corrected chi connectivity index (χ3v) is 3.70. The highest BCUT2D eigenvalue weighted by Gasteiger charge is 2.22. The maximum atomic E-state index is 11.1. The van der Waals surface area contributed by atoms with Crippen molar-refractivity contribution < 1.29 is 4.92 Å². The first-order valence-corrected chi connectivity index (χ1v) is 7.81. The normalized spacial score (nSPS) is 12.0. The lowest BCUT2D eigenvalue weighted by Gasteiger charge is -2.12. The molecule has 1 rings (SSSR count). The molecule has 0 aliphatic rings. The third kappa shape index (κ3) is 4.52. The zero-order chi connectivity index (χ0) is 15.1. The molecule has 1 aromatic heterocycles. The zero-order valence-corrected chi connectivity index (χ0v) is 13.1. The molecule has 2 N–H and O–H groups in total. The van der Waals surface area contributed by atoms with Crippen molar-refractivity contribution in [2.24, 2.45) is 0 Å². The predicted molar refractivity (Wildman–Crippen MR) is 83.7 cm³/mol. The van der Waals surface area contributed by atoms with E-state index >= 15 is 0 Å². The van der Waals surface area contributed by atoms with Gasteiger partial charge in [-0.1, -0.05) is 13.8 Å². The molecule has 1 atom stereocenters. The molecule has 0 aliphatic heterocycles. The van der Waals surface area contributed by atoms with Gasteiger partial charge in [-0.25, -0.2) is 4.98 Å². The Hall–Kier alpha value is -1.57. The first-order valence-electron chi connectivity index (χ1n) is 6.53. The van der Waals surface area contributed by atoms with E-state index in [1.54, 1.807) is 18.7 Å². The van der Waals surface area contributed by atoms with Gasteiger partial charge in [0.1, 0.15) is 5.69 Å². The van der Waals surface area contributed by atoms with E-state index in [9.17, 15) is 10.1 Å². The first kappa shape index (κ1) is 16.5. The lowest BCUT2D eigenvalue weighted by molar-refractivity contribution is -0.385. The van der Waals surface area contributed by atoms with Gasteiger partial charge < -0.3 is 10.6 Å². The van der Waals surface area contributed by atoms with Crippen molar-refractivity contribution in [1.82, 2.24) is 9.97 Å². The minimum absolute atomic E-state index is 0.0552. The highest BCUT2D eigenvalue weighted by atomic mass is 32.2. The van der Waals surface area contributed by atoms with Gasteiger partial charge in [0, 0.05) is 18.3 Å². The van der Waals surface area contributed by atoms with E-state index in [2.05, 4.69) is 20.6 Å². The summed E-state index contributed by atoms with van der Waals surface area (Å²) in [4.78, 5) is 19.0. The lowest BCUT2D eigenvalue weighted by atomic mass is 10.3. The smallest absolute Gasteiger partial charge is 0.332 e. The summed E-state index contributed by atoms with van der Waals surface area (Å²) in [6.45, 7) is 7.06. The summed E-state index contributed by atoms with van der Waals surface area (Å²) in [6.07, 6.45) is 2.94. The number of thioether (sulfide) groups is 1. The molecule has 112 valence electrons. The fraction of sp³-hybridized carbons (Fsp3) is 0.667. The van der Waals surface area contributed by atoms with E-state index in [0.29, 0.717) is 23.4 Å². The third-order valence-electron chi connectivity index (χ3n) is 2.73. The topological polar surface area (TPSA) is 93.0 Å². The van der Waals surface area contributed by atoms with Crippen LogP contribution in [0.3, 0.4) is 0 Å². The fourth-order valence-corrected chi connectivity index (χ4v) is 1.80. The lowest BCUT2D eigenvalue weighted by Crippen LogP contribution is -2.17. The molecule has 0 saturated heterocycles. The summed E-state index contributed by atoms with van der Waals surface area (Å²) in [6, 6.07) is 0. The standard InChI is InChI=1S/C12H21N5O2S/c1-5-6-13-12-15-9(3)10(17(18)19)11(16-12)14-7-8(2)20-4/h8H,5-7H2,1-4H3,(H2,13,14,15,16). The molecule has 0 fully saturated rings. The van der Waals surface area contributed by atoms with Crippen molar-refractivity contribution >= 4 is 29.2 Å². The molecule has 1 heterocycles. The Morgan fingerprint density at radius 3 is 2.65 bits per heavy atom. The van der Waals surface area contributed by atoms with Crippen molar-refractivity contribution in [3.63, 3.8) is 0 Å². The van der Waals surface area contributed by atoms with Crippen molar-refractivity contribution in [1.29, 1.82) is 0 Å². The largest absolute Gasteiger partial charge is 0.363 e. The van der Waals surface area contributed by atoms with Crippen molar-refractivity contribution in [3.8, 4) is 0 Å². The molecule has 0 saturated carbocycles. The maximum Gasteiger partial charge on any atom is 0.332 e. The van der Waals surface area contributed by atoms with E-state index in [0.717, 1.165) is 13.0 Å². The van der Waals surface area contributed by atoms with Gasteiger partial charge in [-0.3, -0.25) is 10.1 Å². The van der Waals surface area contributed by atoms with E-state index in [-0.39, 0.29) is 11.5 Å². The number of nitrogens with one attached hydrogen (secondary N) is 2. The summed E-state index contributed by atoms with van der Waals surface area (Å²) in [5.74, 6) is 0.705. The number of aryl methyl sites for hydroxylation is 1. The molecule has 7 nitrogen and oxygen atoms in total. The monoisotopic (exact) mass is 299 g/mol. The molecule has 0 radical (unpaired) electrons. The molecule has 0 bridgehead atoms. The van der Waals surface area contributed by atoms with Crippen LogP contribution < -0.4 is 10.6 Å². The second-order valence-electron chi connectivity index (χ2n) is 4.44. The Kier molecular flexibility index (Phi) is 6.50. The molecule has 0 aromatic carbocycles. The number of nitrogens with zero attached hydrogens (tertiary/aromatic N) is 3. The Bertz CT molecular complexity index is 469. The van der Waals surface area contributed by atoms with Gasteiger partial charge in [0.05, 0.1) is 4.92 Å². The van der Waals surface area contributed by atoms with Gasteiger partial charge in [-0.2, -0.15) is 16.7 Å². The molecule has 1 unspecified atom stereocenters. The van der Waals surface area contributed by atoms with E-state index in [1.807, 2.05) is 20.1 Å². The SMILES string of the molecule is CCCNc1nc(C)c([N+](=O)[O-])c(NCC(C)SC)n1. The van der Waals surface area contributed by atoms with E-state index < -0.39 is 4.92 Å². The molecule has 0 amide bonds. The molecule has 0 spiro atoms. The number of aromatic nitrogens is 2. The minimum atomic E-state index is -0.439. The molecule has 1 aromatic rings. The van der Waals surface area contributed by atoms with Crippen LogP contribution in [-0.4, -0.2) is 39.5 Å². The Labute approximate surface area is 123 Å². The summed E-state index contributed by atoms with van der Waals surface area (Å²) >= 11 is 1.69. The average Bonchev–Trinajstić information content (AvgIpc) is 2.41. The predicted octanol–water partition coefficient (Wildman–Crippen LogP) is 2.68. The van der Waals surface area contributed by atoms with Crippen LogP contribution in [0.1, 0.15) is 26.0 Å². The Morgan fingerprint density at radius 1 is 1.40 bits per heavy atom. The van der Waals surface area contributed by atoms with E-state index in [4.69, 9.17) is 0 Å². The van der Waals surface area contributed by atoms with Crippen LogP contribution in [0.25, 0.3) is 0 Å². The molecule has 8 heteroatoms. The molecule has 20 heavy (non-hydrogen) atoms. The van der Waals surface area contributed by atoms with Crippen LogP contribution in [0.15, 0.2) is 0 Å². The minimum Gasteiger partial charge on any atom is -0.363 e. The highest BCUT2D eigenvalue weighted by Crippen LogP contribution is 2.26. The van der Waals surface area contributed by atoms with Crippen LogP contribution >= 0.6 is 11.8 Å². The summed E-state index contributed by atoms with van der Waals surface area (Å²) < 4.78 is 0. The van der Waals surface area contributed by atoms with Crippen LogP contribution in [0.2, 0.25) is 0 Å².